The number of nitrogens with two attached hydrogens (primary N) is 1. The lowest BCUT2D eigenvalue weighted by atomic mass is 10.1. The Bertz CT molecular complexity index is 630. The third kappa shape index (κ3) is 5.32. The maximum Gasteiger partial charge on any atom is 0.303 e. The van der Waals surface area contributed by atoms with Gasteiger partial charge in [0.15, 0.2) is 0 Å². The van der Waals surface area contributed by atoms with Gasteiger partial charge in [0.2, 0.25) is 0 Å². The molecule has 2 aromatic rings. The van der Waals surface area contributed by atoms with Crippen molar-refractivity contribution >= 4 is 23.8 Å². The SMILES string of the molecule is Nc1ccc(C=Cc2ccc(OCCCC(=O)O)cc2)cc1. The molecule has 0 spiro atoms. The molecule has 0 saturated carbocycles. The molecule has 4 nitrogen and oxygen atoms in total. The summed E-state index contributed by atoms with van der Waals surface area (Å²) in [5.74, 6) is -0.0539. The standard InChI is InChI=1S/C18H19NO3/c19-16-9-5-14(6-10-16)3-4-15-7-11-17(12-8-15)22-13-1-2-18(20)21/h3-12H,1-2,13,19H2,(H,20,21). The number of ether oxygens (including phenoxy) is 1. The smallest absolute Gasteiger partial charge is 0.303 e. The molecule has 3 N–H and O–H groups in total. The van der Waals surface area contributed by atoms with Crippen molar-refractivity contribution in [1.82, 2.24) is 0 Å². The molecular weight excluding hydrogens is 278 g/mol. The van der Waals surface area contributed by atoms with E-state index in [1.165, 1.54) is 0 Å². The first kappa shape index (κ1) is 15.6. The molecule has 0 saturated heterocycles. The van der Waals surface area contributed by atoms with Gasteiger partial charge < -0.3 is 15.6 Å². The van der Waals surface area contributed by atoms with Gasteiger partial charge in [0.25, 0.3) is 0 Å². The van der Waals surface area contributed by atoms with E-state index in [0.717, 1.165) is 22.6 Å². The molecule has 0 aliphatic rings. The zero-order chi connectivity index (χ0) is 15.8. The normalized spacial score (nSPS) is 10.7. The molecule has 0 radical (unpaired) electrons. The van der Waals surface area contributed by atoms with Gasteiger partial charge in [0.05, 0.1) is 6.61 Å². The Kier molecular flexibility index (Phi) is 5.60. The van der Waals surface area contributed by atoms with E-state index in [1.54, 1.807) is 0 Å². The van der Waals surface area contributed by atoms with Crippen LogP contribution in [0.15, 0.2) is 48.5 Å². The summed E-state index contributed by atoms with van der Waals surface area (Å²) < 4.78 is 5.49. The third-order valence-corrected chi connectivity index (χ3v) is 3.09. The molecule has 0 aromatic heterocycles. The molecule has 4 heteroatoms. The maximum atomic E-state index is 10.4. The summed E-state index contributed by atoms with van der Waals surface area (Å²) in [6, 6.07) is 15.3. The summed E-state index contributed by atoms with van der Waals surface area (Å²) >= 11 is 0. The van der Waals surface area contributed by atoms with Gasteiger partial charge in [-0.1, -0.05) is 36.4 Å². The van der Waals surface area contributed by atoms with Crippen LogP contribution in [0.3, 0.4) is 0 Å². The van der Waals surface area contributed by atoms with E-state index in [2.05, 4.69) is 0 Å². The zero-order valence-corrected chi connectivity index (χ0v) is 12.2. The fourth-order valence-corrected chi connectivity index (χ4v) is 1.89. The molecule has 0 amide bonds. The van der Waals surface area contributed by atoms with E-state index < -0.39 is 5.97 Å². The molecule has 0 fully saturated rings. The predicted molar refractivity (Wildman–Crippen MR) is 88.6 cm³/mol. The first-order chi connectivity index (χ1) is 10.6. The quantitative estimate of drug-likeness (QED) is 0.464. The average Bonchev–Trinajstić information content (AvgIpc) is 2.52. The summed E-state index contributed by atoms with van der Waals surface area (Å²) in [4.78, 5) is 10.4. The Hall–Kier alpha value is -2.75. The van der Waals surface area contributed by atoms with Gasteiger partial charge in [0, 0.05) is 12.1 Å². The van der Waals surface area contributed by atoms with Crippen LogP contribution in [0.4, 0.5) is 5.69 Å². The highest BCUT2D eigenvalue weighted by Gasteiger charge is 1.98. The summed E-state index contributed by atoms with van der Waals surface area (Å²) in [7, 11) is 0. The minimum atomic E-state index is -0.799. The van der Waals surface area contributed by atoms with Gasteiger partial charge >= 0.3 is 5.97 Å². The van der Waals surface area contributed by atoms with E-state index >= 15 is 0 Å². The van der Waals surface area contributed by atoms with Crippen LogP contribution in [0.1, 0.15) is 24.0 Å². The molecule has 0 aliphatic carbocycles. The van der Waals surface area contributed by atoms with Crippen LogP contribution in [0, 0.1) is 0 Å². The van der Waals surface area contributed by atoms with E-state index in [4.69, 9.17) is 15.6 Å². The first-order valence-corrected chi connectivity index (χ1v) is 7.12. The highest BCUT2D eigenvalue weighted by atomic mass is 16.5. The highest BCUT2D eigenvalue weighted by molar-refractivity contribution is 5.70. The minimum absolute atomic E-state index is 0.127. The lowest BCUT2D eigenvalue weighted by Gasteiger charge is -2.05. The maximum absolute atomic E-state index is 10.4. The summed E-state index contributed by atoms with van der Waals surface area (Å²) in [5.41, 5.74) is 8.55. The van der Waals surface area contributed by atoms with Gasteiger partial charge in [-0.05, 0) is 41.8 Å². The Morgan fingerprint density at radius 1 is 1.00 bits per heavy atom. The van der Waals surface area contributed by atoms with Crippen molar-refractivity contribution in [1.29, 1.82) is 0 Å². The van der Waals surface area contributed by atoms with Crippen molar-refractivity contribution in [2.75, 3.05) is 12.3 Å². The number of carbonyl (C=O) groups is 1. The molecule has 22 heavy (non-hydrogen) atoms. The fraction of sp³-hybridized carbons (Fsp3) is 0.167. The molecule has 0 bridgehead atoms. The number of anilines is 1. The second kappa shape index (κ2) is 7.88. The summed E-state index contributed by atoms with van der Waals surface area (Å²) in [6.45, 7) is 0.410. The second-order valence-corrected chi connectivity index (χ2v) is 4.91. The van der Waals surface area contributed by atoms with E-state index in [1.807, 2.05) is 60.7 Å². The summed E-state index contributed by atoms with van der Waals surface area (Å²) in [5, 5.41) is 8.55. The van der Waals surface area contributed by atoms with Gasteiger partial charge in [-0.15, -0.1) is 0 Å². The van der Waals surface area contributed by atoms with Crippen molar-refractivity contribution in [3.05, 3.63) is 59.7 Å². The van der Waals surface area contributed by atoms with Crippen molar-refractivity contribution in [2.24, 2.45) is 0 Å². The van der Waals surface area contributed by atoms with Crippen molar-refractivity contribution in [3.63, 3.8) is 0 Å². The Morgan fingerprint density at radius 2 is 1.55 bits per heavy atom. The largest absolute Gasteiger partial charge is 0.494 e. The number of hydrogen-bond acceptors (Lipinski definition) is 3. The lowest BCUT2D eigenvalue weighted by molar-refractivity contribution is -0.137. The first-order valence-electron chi connectivity index (χ1n) is 7.12. The number of nitrogen functional groups attached to an aromatic ring is 1. The Morgan fingerprint density at radius 3 is 2.09 bits per heavy atom. The van der Waals surface area contributed by atoms with Crippen LogP contribution in [-0.2, 0) is 4.79 Å². The number of carboxylic acid groups (broad SMARTS) is 1. The zero-order valence-electron chi connectivity index (χ0n) is 12.2. The molecule has 0 atom stereocenters. The molecule has 114 valence electrons. The van der Waals surface area contributed by atoms with Crippen LogP contribution in [0.2, 0.25) is 0 Å². The number of benzene rings is 2. The van der Waals surface area contributed by atoms with E-state index in [-0.39, 0.29) is 6.42 Å². The number of hydrogen-bond donors (Lipinski definition) is 2. The van der Waals surface area contributed by atoms with Gasteiger partial charge in [-0.25, -0.2) is 0 Å². The molecular formula is C18H19NO3. The number of rotatable bonds is 7. The van der Waals surface area contributed by atoms with E-state index in [0.29, 0.717) is 13.0 Å². The van der Waals surface area contributed by atoms with Crippen LogP contribution >= 0.6 is 0 Å². The number of carboxylic acids is 1. The van der Waals surface area contributed by atoms with Gasteiger partial charge in [-0.3, -0.25) is 4.79 Å². The van der Waals surface area contributed by atoms with Crippen LogP contribution in [0.5, 0.6) is 5.75 Å². The fourth-order valence-electron chi connectivity index (χ4n) is 1.89. The monoisotopic (exact) mass is 297 g/mol. The van der Waals surface area contributed by atoms with Crippen LogP contribution < -0.4 is 10.5 Å². The Labute approximate surface area is 129 Å². The predicted octanol–water partition coefficient (Wildman–Crippen LogP) is 3.68. The van der Waals surface area contributed by atoms with Crippen LogP contribution in [0.25, 0.3) is 12.2 Å². The highest BCUT2D eigenvalue weighted by Crippen LogP contribution is 2.15. The second-order valence-electron chi connectivity index (χ2n) is 4.91. The lowest BCUT2D eigenvalue weighted by Crippen LogP contribution is -2.01. The minimum Gasteiger partial charge on any atom is -0.494 e. The topological polar surface area (TPSA) is 72.5 Å². The molecule has 0 unspecified atom stereocenters. The molecule has 2 rings (SSSR count). The Balaban J connectivity index is 1.86. The molecule has 2 aromatic carbocycles. The van der Waals surface area contributed by atoms with Crippen molar-refractivity contribution < 1.29 is 14.6 Å². The van der Waals surface area contributed by atoms with Crippen LogP contribution in [-0.4, -0.2) is 17.7 Å². The van der Waals surface area contributed by atoms with Crippen molar-refractivity contribution in [2.45, 2.75) is 12.8 Å². The van der Waals surface area contributed by atoms with Gasteiger partial charge in [-0.2, -0.15) is 0 Å². The average molecular weight is 297 g/mol. The third-order valence-electron chi connectivity index (χ3n) is 3.09. The number of aliphatic carboxylic acids is 1. The van der Waals surface area contributed by atoms with Crippen molar-refractivity contribution in [3.8, 4) is 5.75 Å². The van der Waals surface area contributed by atoms with E-state index in [9.17, 15) is 4.79 Å². The molecule has 0 heterocycles. The molecule has 0 aliphatic heterocycles. The summed E-state index contributed by atoms with van der Waals surface area (Å²) in [6.07, 6.45) is 4.67. The van der Waals surface area contributed by atoms with Gasteiger partial charge in [0.1, 0.15) is 5.75 Å².